The van der Waals surface area contributed by atoms with Crippen LogP contribution in [-0.2, 0) is 9.59 Å². The number of nitrogen functional groups attached to an aromatic ring is 1. The molecule has 0 aliphatic rings. The summed E-state index contributed by atoms with van der Waals surface area (Å²) in [6.45, 7) is 0. The number of hydrogen-bond acceptors (Lipinski definition) is 4. The lowest BCUT2D eigenvalue weighted by atomic mass is 10.2. The minimum absolute atomic E-state index is 0.311. The number of hydrogen-bond donors (Lipinski definition) is 2. The van der Waals surface area contributed by atoms with Crippen molar-refractivity contribution in [3.63, 3.8) is 0 Å². The van der Waals surface area contributed by atoms with E-state index in [0.717, 1.165) is 0 Å². The van der Waals surface area contributed by atoms with E-state index in [1.165, 1.54) is 11.1 Å². The van der Waals surface area contributed by atoms with E-state index in [1.54, 1.807) is 66.7 Å². The van der Waals surface area contributed by atoms with Crippen LogP contribution in [0.25, 0.3) is 0 Å². The average molecular weight is 332 g/mol. The van der Waals surface area contributed by atoms with E-state index in [1.807, 2.05) is 6.07 Å². The highest BCUT2D eigenvalue weighted by atomic mass is 16.2. The molecule has 2 aromatic carbocycles. The van der Waals surface area contributed by atoms with Crippen molar-refractivity contribution < 1.29 is 9.59 Å². The Morgan fingerprint density at radius 2 is 1.48 bits per heavy atom. The number of para-hydroxylation sites is 1. The van der Waals surface area contributed by atoms with E-state index in [-0.39, 0.29) is 0 Å². The first kappa shape index (κ1) is 16.2. The third-order valence-electron chi connectivity index (χ3n) is 3.47. The molecule has 3 N–H and O–H groups in total. The third kappa shape index (κ3) is 3.81. The van der Waals surface area contributed by atoms with E-state index < -0.39 is 11.8 Å². The Morgan fingerprint density at radius 1 is 0.840 bits per heavy atom. The first-order valence-corrected chi connectivity index (χ1v) is 7.62. The number of carbonyl (C=O) groups excluding carboxylic acids is 2. The van der Waals surface area contributed by atoms with Crippen LogP contribution in [0, 0.1) is 0 Å². The summed E-state index contributed by atoms with van der Waals surface area (Å²) in [5.74, 6) is -1.19. The Labute approximate surface area is 144 Å². The maximum Gasteiger partial charge on any atom is 0.321 e. The number of benzene rings is 2. The van der Waals surface area contributed by atoms with Gasteiger partial charge < -0.3 is 11.1 Å². The van der Waals surface area contributed by atoms with Crippen molar-refractivity contribution in [2.75, 3.05) is 16.0 Å². The van der Waals surface area contributed by atoms with Gasteiger partial charge in [-0.3, -0.25) is 14.5 Å². The number of nitrogens with two attached hydrogens (primary N) is 1. The normalized spacial score (nSPS) is 10.1. The fraction of sp³-hybridized carbons (Fsp3) is 0. The van der Waals surface area contributed by atoms with Crippen LogP contribution in [-0.4, -0.2) is 16.8 Å². The van der Waals surface area contributed by atoms with Crippen molar-refractivity contribution in [1.82, 2.24) is 4.98 Å². The predicted molar refractivity (Wildman–Crippen MR) is 97.3 cm³/mol. The summed E-state index contributed by atoms with van der Waals surface area (Å²) in [5.41, 5.74) is 7.40. The smallest absolute Gasteiger partial charge is 0.321 e. The van der Waals surface area contributed by atoms with Crippen molar-refractivity contribution in [3.05, 3.63) is 79.0 Å². The second-order valence-electron chi connectivity index (χ2n) is 5.24. The molecule has 6 nitrogen and oxygen atoms in total. The summed E-state index contributed by atoms with van der Waals surface area (Å²) in [7, 11) is 0. The van der Waals surface area contributed by atoms with Crippen molar-refractivity contribution in [2.24, 2.45) is 0 Å². The maximum absolute atomic E-state index is 12.8. The SMILES string of the molecule is Nc1ccc(N(C(=O)C(=O)Nc2ccccn2)c2ccccc2)cc1. The van der Waals surface area contributed by atoms with Gasteiger partial charge in [0.1, 0.15) is 5.82 Å². The molecule has 6 heteroatoms. The molecular formula is C19H16N4O2. The standard InChI is InChI=1S/C19H16N4O2/c20-14-9-11-16(12-10-14)23(15-6-2-1-3-7-15)19(25)18(24)22-17-8-4-5-13-21-17/h1-13H,20H2,(H,21,22,24). The molecule has 0 bridgehead atoms. The van der Waals surface area contributed by atoms with Crippen LogP contribution < -0.4 is 16.0 Å². The number of rotatable bonds is 3. The Hall–Kier alpha value is -3.67. The monoisotopic (exact) mass is 332 g/mol. The van der Waals surface area contributed by atoms with Gasteiger partial charge in [0.15, 0.2) is 0 Å². The highest BCUT2D eigenvalue weighted by Crippen LogP contribution is 2.26. The topological polar surface area (TPSA) is 88.3 Å². The van der Waals surface area contributed by atoms with E-state index >= 15 is 0 Å². The van der Waals surface area contributed by atoms with Gasteiger partial charge in [0.2, 0.25) is 0 Å². The van der Waals surface area contributed by atoms with Crippen LogP contribution in [0.15, 0.2) is 79.0 Å². The fourth-order valence-corrected chi connectivity index (χ4v) is 2.29. The zero-order chi connectivity index (χ0) is 17.6. The van der Waals surface area contributed by atoms with Gasteiger partial charge in [0.05, 0.1) is 0 Å². The lowest BCUT2D eigenvalue weighted by Crippen LogP contribution is -2.36. The molecule has 0 atom stereocenters. The number of nitrogens with zero attached hydrogens (tertiary/aromatic N) is 2. The van der Waals surface area contributed by atoms with Crippen LogP contribution >= 0.6 is 0 Å². The van der Waals surface area contributed by atoms with Crippen molar-refractivity contribution in [3.8, 4) is 0 Å². The van der Waals surface area contributed by atoms with Crippen LogP contribution in [0.5, 0.6) is 0 Å². The predicted octanol–water partition coefficient (Wildman–Crippen LogP) is 2.97. The van der Waals surface area contributed by atoms with Gasteiger partial charge >= 0.3 is 11.8 Å². The minimum Gasteiger partial charge on any atom is -0.399 e. The Kier molecular flexibility index (Phi) is 4.71. The van der Waals surface area contributed by atoms with Gasteiger partial charge in [-0.25, -0.2) is 4.98 Å². The van der Waals surface area contributed by atoms with Crippen molar-refractivity contribution in [1.29, 1.82) is 0 Å². The summed E-state index contributed by atoms with van der Waals surface area (Å²) in [6.07, 6.45) is 1.54. The zero-order valence-corrected chi connectivity index (χ0v) is 13.3. The van der Waals surface area contributed by atoms with Gasteiger partial charge in [-0.1, -0.05) is 24.3 Å². The molecule has 1 heterocycles. The van der Waals surface area contributed by atoms with Gasteiger partial charge in [0, 0.05) is 23.3 Å². The van der Waals surface area contributed by atoms with E-state index in [9.17, 15) is 9.59 Å². The van der Waals surface area contributed by atoms with Gasteiger partial charge in [-0.2, -0.15) is 0 Å². The van der Waals surface area contributed by atoms with Gasteiger partial charge in [-0.05, 0) is 48.5 Å². The molecule has 25 heavy (non-hydrogen) atoms. The van der Waals surface area contributed by atoms with Crippen molar-refractivity contribution >= 4 is 34.7 Å². The Balaban J connectivity index is 1.92. The summed E-state index contributed by atoms with van der Waals surface area (Å²) in [4.78, 5) is 30.5. The van der Waals surface area contributed by atoms with Crippen LogP contribution in [0.2, 0.25) is 0 Å². The highest BCUT2D eigenvalue weighted by molar-refractivity contribution is 6.45. The lowest BCUT2D eigenvalue weighted by Gasteiger charge is -2.22. The minimum atomic E-state index is -0.778. The summed E-state index contributed by atoms with van der Waals surface area (Å²) in [6, 6.07) is 20.7. The molecule has 0 saturated carbocycles. The number of amides is 2. The Bertz CT molecular complexity index is 865. The van der Waals surface area contributed by atoms with E-state index in [4.69, 9.17) is 5.73 Å². The molecule has 0 aliphatic heterocycles. The molecule has 0 aliphatic carbocycles. The fourth-order valence-electron chi connectivity index (χ4n) is 2.29. The molecule has 124 valence electrons. The molecule has 3 aromatic rings. The molecule has 0 radical (unpaired) electrons. The first-order valence-electron chi connectivity index (χ1n) is 7.62. The number of nitrogens with one attached hydrogen (secondary N) is 1. The molecule has 0 spiro atoms. The zero-order valence-electron chi connectivity index (χ0n) is 13.3. The first-order chi connectivity index (χ1) is 12.1. The molecule has 3 rings (SSSR count). The van der Waals surface area contributed by atoms with Crippen LogP contribution in [0.4, 0.5) is 22.9 Å². The van der Waals surface area contributed by atoms with E-state index in [2.05, 4.69) is 10.3 Å². The number of anilines is 4. The molecule has 2 amide bonds. The summed E-state index contributed by atoms with van der Waals surface area (Å²) < 4.78 is 0. The molecule has 1 aromatic heterocycles. The summed E-state index contributed by atoms with van der Waals surface area (Å²) in [5, 5.41) is 2.51. The molecular weight excluding hydrogens is 316 g/mol. The van der Waals surface area contributed by atoms with Gasteiger partial charge in [0.25, 0.3) is 0 Å². The Morgan fingerprint density at radius 3 is 2.12 bits per heavy atom. The number of carbonyl (C=O) groups is 2. The maximum atomic E-state index is 12.8. The second kappa shape index (κ2) is 7.27. The van der Waals surface area contributed by atoms with E-state index in [0.29, 0.717) is 22.9 Å². The molecule has 0 saturated heterocycles. The number of pyridine rings is 1. The van der Waals surface area contributed by atoms with Crippen molar-refractivity contribution in [2.45, 2.75) is 0 Å². The molecule has 0 unspecified atom stereocenters. The van der Waals surface area contributed by atoms with Gasteiger partial charge in [-0.15, -0.1) is 0 Å². The highest BCUT2D eigenvalue weighted by Gasteiger charge is 2.25. The largest absolute Gasteiger partial charge is 0.399 e. The second-order valence-corrected chi connectivity index (χ2v) is 5.24. The van der Waals surface area contributed by atoms with Crippen LogP contribution in [0.3, 0.4) is 0 Å². The van der Waals surface area contributed by atoms with Crippen LogP contribution in [0.1, 0.15) is 0 Å². The molecule has 0 fully saturated rings. The number of aromatic nitrogens is 1. The third-order valence-corrected chi connectivity index (χ3v) is 3.47. The average Bonchev–Trinajstić information content (AvgIpc) is 2.65. The summed E-state index contributed by atoms with van der Waals surface area (Å²) >= 11 is 0. The lowest BCUT2D eigenvalue weighted by molar-refractivity contribution is -0.134. The quantitative estimate of drug-likeness (QED) is 0.570.